The van der Waals surface area contributed by atoms with Gasteiger partial charge in [0.2, 0.25) is 0 Å². The van der Waals surface area contributed by atoms with E-state index in [-0.39, 0.29) is 6.71 Å². The quantitative estimate of drug-likeness (QED) is 0.200. The van der Waals surface area contributed by atoms with Gasteiger partial charge in [-0.3, -0.25) is 0 Å². The smallest absolute Gasteiger partial charge is 0.252 e. The highest BCUT2D eigenvalue weighted by molar-refractivity contribution is 7.00. The molecule has 0 saturated heterocycles. The molecule has 0 saturated carbocycles. The van der Waals surface area contributed by atoms with Crippen molar-refractivity contribution in [2.24, 2.45) is 0 Å². The van der Waals surface area contributed by atoms with Gasteiger partial charge in [0, 0.05) is 56.4 Å². The molecule has 0 radical (unpaired) electrons. The Balaban J connectivity index is 1.24. The lowest BCUT2D eigenvalue weighted by atomic mass is 9.34. The van der Waals surface area contributed by atoms with Crippen molar-refractivity contribution < 1.29 is 0 Å². The first-order valence-electron chi connectivity index (χ1n) is 15.3. The molecule has 0 spiro atoms. The highest BCUT2D eigenvalue weighted by atomic mass is 15.2. The lowest BCUT2D eigenvalue weighted by Crippen LogP contribution is -2.60. The summed E-state index contributed by atoms with van der Waals surface area (Å²) >= 11 is 0. The van der Waals surface area contributed by atoms with Crippen LogP contribution in [0.5, 0.6) is 0 Å². The van der Waals surface area contributed by atoms with Crippen LogP contribution in [0.4, 0.5) is 34.1 Å². The first-order valence-corrected chi connectivity index (χ1v) is 15.3. The second-order valence-corrected chi connectivity index (χ2v) is 11.8. The van der Waals surface area contributed by atoms with Crippen molar-refractivity contribution in [3.63, 3.8) is 0 Å². The molecule has 0 fully saturated rings. The molecule has 2 aliphatic rings. The Morgan fingerprint density at radius 2 is 1.07 bits per heavy atom. The zero-order valence-corrected chi connectivity index (χ0v) is 24.8. The summed E-state index contributed by atoms with van der Waals surface area (Å²) in [4.78, 5) is 4.77. The zero-order chi connectivity index (χ0) is 29.4. The Labute approximate surface area is 258 Å². The zero-order valence-electron chi connectivity index (χ0n) is 24.8. The van der Waals surface area contributed by atoms with E-state index in [1.54, 1.807) is 0 Å². The lowest BCUT2D eigenvalue weighted by Gasteiger charge is -2.40. The van der Waals surface area contributed by atoms with E-state index < -0.39 is 0 Å². The van der Waals surface area contributed by atoms with Gasteiger partial charge in [0.15, 0.2) is 0 Å². The van der Waals surface area contributed by atoms with Crippen LogP contribution in [0, 0.1) is 13.8 Å². The summed E-state index contributed by atoms with van der Waals surface area (Å²) in [5.41, 5.74) is 16.5. The van der Waals surface area contributed by atoms with Crippen LogP contribution in [0.3, 0.4) is 0 Å². The Morgan fingerprint density at radius 3 is 1.80 bits per heavy atom. The lowest BCUT2D eigenvalue weighted by molar-refractivity contribution is 1.04. The minimum absolute atomic E-state index is 0.185. The number of hydrogen-bond donors (Lipinski definition) is 0. The normalized spacial score (nSPS) is 12.7. The molecule has 3 heterocycles. The number of para-hydroxylation sites is 4. The highest BCUT2D eigenvalue weighted by Gasteiger charge is 2.41. The highest BCUT2D eigenvalue weighted by Crippen LogP contribution is 2.42. The molecule has 44 heavy (non-hydrogen) atoms. The standard InChI is InChI=1S/C40H30BN3/c1-27-28(2)42-37-21-12-22-38-39(37)41(35-19-11-17-33(27)40(35)42)34-18-9-10-20-36(34)44(38)32-25-23-31(24-26-32)43(29-13-5-3-6-14-29)30-15-7-4-8-16-30/h3-26H,1-2H3. The first-order chi connectivity index (χ1) is 21.7. The minimum atomic E-state index is 0.185. The fourth-order valence-corrected chi connectivity index (χ4v) is 7.58. The molecular weight excluding hydrogens is 533 g/mol. The fraction of sp³-hybridized carbons (Fsp3) is 0.0500. The maximum atomic E-state index is 2.50. The second kappa shape index (κ2) is 9.52. The van der Waals surface area contributed by atoms with E-state index >= 15 is 0 Å². The summed E-state index contributed by atoms with van der Waals surface area (Å²) in [5.74, 6) is 0. The van der Waals surface area contributed by atoms with E-state index in [4.69, 9.17) is 0 Å². The molecule has 208 valence electrons. The maximum absolute atomic E-state index is 2.50. The first kappa shape index (κ1) is 25.1. The predicted octanol–water partition coefficient (Wildman–Crippen LogP) is 8.33. The number of nitrogens with zero attached hydrogens (tertiary/aromatic N) is 3. The Hall–Kier alpha value is -5.48. The van der Waals surface area contributed by atoms with Gasteiger partial charge < -0.3 is 14.4 Å². The number of rotatable bonds is 4. The van der Waals surface area contributed by atoms with E-state index in [9.17, 15) is 0 Å². The topological polar surface area (TPSA) is 11.4 Å². The Bertz CT molecular complexity index is 2160. The van der Waals surface area contributed by atoms with Gasteiger partial charge in [0.1, 0.15) is 0 Å². The molecule has 3 nitrogen and oxygen atoms in total. The van der Waals surface area contributed by atoms with Gasteiger partial charge in [0.05, 0.1) is 0 Å². The fourth-order valence-electron chi connectivity index (χ4n) is 7.58. The van der Waals surface area contributed by atoms with Crippen LogP contribution in [0.15, 0.2) is 146 Å². The molecule has 0 amide bonds. The largest absolute Gasteiger partial charge is 0.315 e. The molecule has 6 aromatic carbocycles. The Kier molecular flexibility index (Phi) is 5.42. The molecule has 0 N–H and O–H groups in total. The van der Waals surface area contributed by atoms with Gasteiger partial charge in [0.25, 0.3) is 6.71 Å². The van der Waals surface area contributed by atoms with Crippen LogP contribution in [0.2, 0.25) is 0 Å². The van der Waals surface area contributed by atoms with Crippen LogP contribution < -0.4 is 26.2 Å². The van der Waals surface area contributed by atoms with E-state index in [0.717, 1.165) is 22.7 Å². The van der Waals surface area contributed by atoms with E-state index in [0.29, 0.717) is 0 Å². The molecule has 0 aliphatic carbocycles. The van der Waals surface area contributed by atoms with Crippen molar-refractivity contribution in [3.8, 4) is 5.69 Å². The molecular formula is C40H30BN3. The second-order valence-electron chi connectivity index (χ2n) is 11.8. The van der Waals surface area contributed by atoms with Gasteiger partial charge in [-0.15, -0.1) is 0 Å². The molecule has 0 atom stereocenters. The number of aryl methyl sites for hydroxylation is 1. The number of hydrogen-bond acceptors (Lipinski definition) is 2. The van der Waals surface area contributed by atoms with Crippen LogP contribution >= 0.6 is 0 Å². The third kappa shape index (κ3) is 3.45. The van der Waals surface area contributed by atoms with Crippen molar-refractivity contribution in [2.45, 2.75) is 13.8 Å². The number of benzene rings is 6. The molecule has 7 aromatic rings. The van der Waals surface area contributed by atoms with Crippen LogP contribution in [0.25, 0.3) is 16.6 Å². The third-order valence-electron chi connectivity index (χ3n) is 9.60. The van der Waals surface area contributed by atoms with Gasteiger partial charge in [-0.1, -0.05) is 78.9 Å². The van der Waals surface area contributed by atoms with E-state index in [1.807, 2.05) is 0 Å². The molecule has 0 bridgehead atoms. The van der Waals surface area contributed by atoms with E-state index in [2.05, 4.69) is 174 Å². The summed E-state index contributed by atoms with van der Waals surface area (Å²) in [6.45, 7) is 4.71. The van der Waals surface area contributed by atoms with Gasteiger partial charge in [-0.05, 0) is 103 Å². The predicted molar refractivity (Wildman–Crippen MR) is 187 cm³/mol. The number of anilines is 6. The molecule has 9 rings (SSSR count). The maximum Gasteiger partial charge on any atom is 0.252 e. The minimum Gasteiger partial charge on any atom is -0.315 e. The molecule has 1 aromatic heterocycles. The monoisotopic (exact) mass is 563 g/mol. The third-order valence-corrected chi connectivity index (χ3v) is 9.60. The summed E-state index contributed by atoms with van der Waals surface area (Å²) < 4.78 is 2.50. The van der Waals surface area contributed by atoms with Crippen molar-refractivity contribution in [3.05, 3.63) is 157 Å². The summed E-state index contributed by atoms with van der Waals surface area (Å²) in [6, 6.07) is 52.9. The number of fused-ring (bicyclic) bond motifs is 4. The van der Waals surface area contributed by atoms with Crippen molar-refractivity contribution in [1.82, 2.24) is 4.57 Å². The van der Waals surface area contributed by atoms with Crippen molar-refractivity contribution in [2.75, 3.05) is 9.80 Å². The SMILES string of the molecule is Cc1c(C)n2c3c(cccc13)B1c3ccccc3N(c3ccc(N(c4ccccc4)c4ccccc4)cc3)c3cccc-2c31. The molecule has 0 unspecified atom stereocenters. The summed E-state index contributed by atoms with van der Waals surface area (Å²) in [5, 5.41) is 1.35. The molecule has 4 heteroatoms. The van der Waals surface area contributed by atoms with Crippen LogP contribution in [0.1, 0.15) is 11.3 Å². The Morgan fingerprint density at radius 1 is 0.500 bits per heavy atom. The van der Waals surface area contributed by atoms with Crippen molar-refractivity contribution in [1.29, 1.82) is 0 Å². The summed E-state index contributed by atoms with van der Waals surface area (Å²) in [6.07, 6.45) is 0. The molecule has 2 aliphatic heterocycles. The number of aromatic nitrogens is 1. The van der Waals surface area contributed by atoms with E-state index in [1.165, 1.54) is 55.6 Å². The van der Waals surface area contributed by atoms with Gasteiger partial charge in [-0.25, -0.2) is 0 Å². The average molecular weight is 564 g/mol. The van der Waals surface area contributed by atoms with Crippen molar-refractivity contribution >= 4 is 68.1 Å². The van der Waals surface area contributed by atoms with Crippen LogP contribution in [-0.2, 0) is 0 Å². The summed E-state index contributed by atoms with van der Waals surface area (Å²) in [7, 11) is 0. The average Bonchev–Trinajstić information content (AvgIpc) is 3.34. The van der Waals surface area contributed by atoms with Crippen LogP contribution in [-0.4, -0.2) is 11.3 Å². The van der Waals surface area contributed by atoms with Gasteiger partial charge >= 0.3 is 0 Å². The van der Waals surface area contributed by atoms with Gasteiger partial charge in [-0.2, -0.15) is 0 Å².